The molecule has 152 valence electrons. The van der Waals surface area contributed by atoms with Gasteiger partial charge in [0, 0.05) is 18.2 Å². The number of carbonyl (C=O) groups is 1. The SMILES string of the molecule is CCC(CC)CN(C)C(C)C(NC(=O)c1cccc(F)c1C)c1ccccc1. The van der Waals surface area contributed by atoms with Gasteiger partial charge in [0.25, 0.3) is 5.91 Å². The zero-order valence-corrected chi connectivity index (χ0v) is 17.7. The second kappa shape index (κ2) is 10.4. The van der Waals surface area contributed by atoms with Crippen LogP contribution in [0.3, 0.4) is 0 Å². The number of halogens is 1. The molecule has 2 aromatic carbocycles. The minimum Gasteiger partial charge on any atom is -0.344 e. The molecule has 0 aliphatic heterocycles. The van der Waals surface area contributed by atoms with Crippen LogP contribution in [0.1, 0.15) is 61.1 Å². The van der Waals surface area contributed by atoms with E-state index in [1.807, 2.05) is 30.3 Å². The predicted molar refractivity (Wildman–Crippen MR) is 114 cm³/mol. The van der Waals surface area contributed by atoms with E-state index in [1.165, 1.54) is 6.07 Å². The summed E-state index contributed by atoms with van der Waals surface area (Å²) in [6.45, 7) is 9.20. The van der Waals surface area contributed by atoms with Crippen molar-refractivity contribution < 1.29 is 9.18 Å². The Kier molecular flexibility index (Phi) is 8.18. The fourth-order valence-corrected chi connectivity index (χ4v) is 3.59. The zero-order chi connectivity index (χ0) is 20.7. The highest BCUT2D eigenvalue weighted by Crippen LogP contribution is 2.23. The Morgan fingerprint density at radius 1 is 1.07 bits per heavy atom. The van der Waals surface area contributed by atoms with Crippen LogP contribution in [-0.2, 0) is 0 Å². The number of amides is 1. The molecule has 2 rings (SSSR count). The standard InChI is InChI=1S/C24H33FN2O/c1-6-19(7-2)16-27(5)18(4)23(20-12-9-8-10-13-20)26-24(28)21-14-11-15-22(25)17(21)3/h8-15,18-19,23H,6-7,16H2,1-5H3,(H,26,28). The fraction of sp³-hybridized carbons (Fsp3) is 0.458. The van der Waals surface area contributed by atoms with Gasteiger partial charge in [0.05, 0.1) is 6.04 Å². The Bertz CT molecular complexity index is 758. The zero-order valence-electron chi connectivity index (χ0n) is 17.7. The van der Waals surface area contributed by atoms with E-state index < -0.39 is 0 Å². The van der Waals surface area contributed by atoms with Gasteiger partial charge in [-0.05, 0) is 50.1 Å². The van der Waals surface area contributed by atoms with E-state index >= 15 is 0 Å². The highest BCUT2D eigenvalue weighted by atomic mass is 19.1. The van der Waals surface area contributed by atoms with E-state index in [0.29, 0.717) is 17.0 Å². The molecule has 0 heterocycles. The third-order valence-corrected chi connectivity index (χ3v) is 5.84. The van der Waals surface area contributed by atoms with Crippen LogP contribution in [0.4, 0.5) is 4.39 Å². The quantitative estimate of drug-likeness (QED) is 0.631. The summed E-state index contributed by atoms with van der Waals surface area (Å²) >= 11 is 0. The first-order valence-corrected chi connectivity index (χ1v) is 10.2. The number of nitrogens with zero attached hydrogens (tertiary/aromatic N) is 1. The van der Waals surface area contributed by atoms with E-state index in [1.54, 1.807) is 19.1 Å². The van der Waals surface area contributed by atoms with E-state index in [-0.39, 0.29) is 23.8 Å². The van der Waals surface area contributed by atoms with Gasteiger partial charge in [-0.1, -0.05) is 63.1 Å². The van der Waals surface area contributed by atoms with Gasteiger partial charge in [0.1, 0.15) is 5.82 Å². The second-order valence-electron chi connectivity index (χ2n) is 7.64. The Hall–Kier alpha value is -2.20. The molecule has 1 amide bonds. The topological polar surface area (TPSA) is 32.3 Å². The highest BCUT2D eigenvalue weighted by Gasteiger charge is 2.26. The number of hydrogen-bond acceptors (Lipinski definition) is 2. The molecule has 0 bridgehead atoms. The number of benzene rings is 2. The lowest BCUT2D eigenvalue weighted by Gasteiger charge is -2.35. The molecule has 0 aliphatic carbocycles. The molecular weight excluding hydrogens is 351 g/mol. The molecular formula is C24H33FN2O. The number of nitrogens with one attached hydrogen (secondary N) is 1. The summed E-state index contributed by atoms with van der Waals surface area (Å²) in [7, 11) is 2.11. The van der Waals surface area contributed by atoms with Gasteiger partial charge >= 0.3 is 0 Å². The van der Waals surface area contributed by atoms with Gasteiger partial charge in [0.2, 0.25) is 0 Å². The number of rotatable bonds is 9. The predicted octanol–water partition coefficient (Wildman–Crippen LogP) is 5.36. The van der Waals surface area contributed by atoms with Crippen LogP contribution in [0.15, 0.2) is 48.5 Å². The Morgan fingerprint density at radius 3 is 2.32 bits per heavy atom. The van der Waals surface area contributed by atoms with Crippen LogP contribution in [0.25, 0.3) is 0 Å². The molecule has 0 aromatic heterocycles. The largest absolute Gasteiger partial charge is 0.344 e. The van der Waals surface area contributed by atoms with Crippen molar-refractivity contribution in [1.29, 1.82) is 0 Å². The van der Waals surface area contributed by atoms with E-state index in [0.717, 1.165) is 24.9 Å². The van der Waals surface area contributed by atoms with Crippen LogP contribution in [-0.4, -0.2) is 30.4 Å². The maximum atomic E-state index is 13.9. The summed E-state index contributed by atoms with van der Waals surface area (Å²) in [5.74, 6) is 0.0292. The van der Waals surface area contributed by atoms with Crippen LogP contribution in [0.5, 0.6) is 0 Å². The molecule has 2 atom stereocenters. The average molecular weight is 385 g/mol. The summed E-state index contributed by atoms with van der Waals surface area (Å²) in [5.41, 5.74) is 1.81. The molecule has 0 saturated carbocycles. The molecule has 0 spiro atoms. The van der Waals surface area contributed by atoms with Gasteiger partial charge in [-0.25, -0.2) is 4.39 Å². The monoisotopic (exact) mass is 384 g/mol. The van der Waals surface area contributed by atoms with Gasteiger partial charge in [0.15, 0.2) is 0 Å². The van der Waals surface area contributed by atoms with Crippen molar-refractivity contribution in [2.45, 2.75) is 52.6 Å². The van der Waals surface area contributed by atoms with E-state index in [9.17, 15) is 9.18 Å². The van der Waals surface area contributed by atoms with E-state index in [2.05, 4.69) is 38.0 Å². The Labute approximate surface area is 169 Å². The molecule has 2 unspecified atom stereocenters. The van der Waals surface area contributed by atoms with Gasteiger partial charge < -0.3 is 10.2 Å². The summed E-state index contributed by atoms with van der Waals surface area (Å²) in [4.78, 5) is 15.3. The maximum Gasteiger partial charge on any atom is 0.252 e. The van der Waals surface area contributed by atoms with Crippen molar-refractivity contribution >= 4 is 5.91 Å². The summed E-state index contributed by atoms with van der Waals surface area (Å²) < 4.78 is 13.9. The van der Waals surface area contributed by atoms with Crippen molar-refractivity contribution in [3.05, 3.63) is 71.0 Å². The van der Waals surface area contributed by atoms with Crippen molar-refractivity contribution in [2.75, 3.05) is 13.6 Å². The van der Waals surface area contributed by atoms with Crippen LogP contribution >= 0.6 is 0 Å². The first kappa shape index (κ1) is 22.1. The van der Waals surface area contributed by atoms with Crippen molar-refractivity contribution in [3.8, 4) is 0 Å². The molecule has 3 nitrogen and oxygen atoms in total. The van der Waals surface area contributed by atoms with Crippen LogP contribution in [0, 0.1) is 18.7 Å². The third-order valence-electron chi connectivity index (χ3n) is 5.84. The third kappa shape index (κ3) is 5.41. The average Bonchev–Trinajstić information content (AvgIpc) is 2.71. The van der Waals surface area contributed by atoms with Gasteiger partial charge in [-0.2, -0.15) is 0 Å². The molecule has 1 N–H and O–H groups in total. The fourth-order valence-electron chi connectivity index (χ4n) is 3.59. The lowest BCUT2D eigenvalue weighted by Crippen LogP contribution is -2.44. The van der Waals surface area contributed by atoms with Crippen LogP contribution < -0.4 is 5.32 Å². The Balaban J connectivity index is 2.27. The lowest BCUT2D eigenvalue weighted by molar-refractivity contribution is 0.0896. The molecule has 0 fully saturated rings. The van der Waals surface area contributed by atoms with E-state index in [4.69, 9.17) is 0 Å². The van der Waals surface area contributed by atoms with Crippen molar-refractivity contribution in [1.82, 2.24) is 10.2 Å². The highest BCUT2D eigenvalue weighted by molar-refractivity contribution is 5.95. The Morgan fingerprint density at radius 2 is 1.71 bits per heavy atom. The number of likely N-dealkylation sites (N-methyl/N-ethyl adjacent to an activating group) is 1. The minimum atomic E-state index is -0.359. The van der Waals surface area contributed by atoms with Gasteiger partial charge in [-0.3, -0.25) is 4.79 Å². The number of hydrogen-bond donors (Lipinski definition) is 1. The van der Waals surface area contributed by atoms with Crippen molar-refractivity contribution in [3.63, 3.8) is 0 Å². The summed E-state index contributed by atoms with van der Waals surface area (Å²) in [5, 5.41) is 3.16. The first-order chi connectivity index (χ1) is 13.4. The molecule has 28 heavy (non-hydrogen) atoms. The molecule has 0 saturated heterocycles. The summed E-state index contributed by atoms with van der Waals surface area (Å²) in [6.07, 6.45) is 2.27. The molecule has 2 aromatic rings. The lowest BCUT2D eigenvalue weighted by atomic mass is 9.96. The van der Waals surface area contributed by atoms with Crippen molar-refractivity contribution in [2.24, 2.45) is 5.92 Å². The maximum absolute atomic E-state index is 13.9. The molecule has 4 heteroatoms. The normalized spacial score (nSPS) is 13.6. The summed E-state index contributed by atoms with van der Waals surface area (Å²) in [6, 6.07) is 14.5. The number of carbonyl (C=O) groups excluding carboxylic acids is 1. The molecule has 0 aliphatic rings. The minimum absolute atomic E-state index is 0.0980. The second-order valence-corrected chi connectivity index (χ2v) is 7.64. The smallest absolute Gasteiger partial charge is 0.252 e. The van der Waals surface area contributed by atoms with Gasteiger partial charge in [-0.15, -0.1) is 0 Å². The van der Waals surface area contributed by atoms with Crippen LogP contribution in [0.2, 0.25) is 0 Å². The molecule has 0 radical (unpaired) electrons. The first-order valence-electron chi connectivity index (χ1n) is 10.2.